The normalized spacial score (nSPS) is 11.1. The molecule has 0 amide bonds. The van der Waals surface area contributed by atoms with Crippen LogP contribution >= 0.6 is 24.0 Å². The molecule has 3 nitrogen and oxygen atoms in total. The van der Waals surface area contributed by atoms with Crippen LogP contribution in [0, 0.1) is 11.3 Å². The summed E-state index contributed by atoms with van der Waals surface area (Å²) in [7, 11) is 1.90. The van der Waals surface area contributed by atoms with E-state index in [0.717, 1.165) is 18.5 Å². The predicted molar refractivity (Wildman–Crippen MR) is 91.8 cm³/mol. The minimum atomic E-state index is -0.121. The Balaban J connectivity index is 0.00000242. The number of nitrogens with one attached hydrogen (secondary N) is 1. The van der Waals surface area contributed by atoms with Gasteiger partial charge in [0.1, 0.15) is 17.9 Å². The molecule has 2 aromatic rings. The third-order valence-electron chi connectivity index (χ3n) is 3.16. The van der Waals surface area contributed by atoms with E-state index in [1.165, 1.54) is 0 Å². The van der Waals surface area contributed by atoms with Crippen LogP contribution in [0.4, 0.5) is 0 Å². The first-order valence-electron chi connectivity index (χ1n) is 6.80. The van der Waals surface area contributed by atoms with Gasteiger partial charge in [-0.2, -0.15) is 5.26 Å². The van der Waals surface area contributed by atoms with Crippen molar-refractivity contribution in [2.75, 3.05) is 13.6 Å². The second-order valence-electron chi connectivity index (χ2n) is 4.66. The zero-order chi connectivity index (χ0) is 15.1. The van der Waals surface area contributed by atoms with E-state index >= 15 is 0 Å². The Hall–Kier alpha value is -1.73. The van der Waals surface area contributed by atoms with E-state index in [4.69, 9.17) is 16.3 Å². The van der Waals surface area contributed by atoms with Gasteiger partial charge in [-0.15, -0.1) is 12.4 Å². The van der Waals surface area contributed by atoms with E-state index in [-0.39, 0.29) is 18.5 Å². The number of ether oxygens (including phenoxy) is 1. The molecule has 0 bridgehead atoms. The highest BCUT2D eigenvalue weighted by Crippen LogP contribution is 2.29. The van der Waals surface area contributed by atoms with Crippen LogP contribution < -0.4 is 10.1 Å². The zero-order valence-corrected chi connectivity index (χ0v) is 13.8. The molecule has 0 aliphatic heterocycles. The fourth-order valence-electron chi connectivity index (χ4n) is 2.08. The lowest BCUT2D eigenvalue weighted by atomic mass is 10.1. The Kier molecular flexibility index (Phi) is 7.76. The summed E-state index contributed by atoms with van der Waals surface area (Å²) < 4.78 is 6.06. The summed E-state index contributed by atoms with van der Waals surface area (Å²) in [6, 6.07) is 17.2. The number of nitrogens with zero attached hydrogens (tertiary/aromatic N) is 1. The number of rotatable bonds is 6. The Labute approximate surface area is 142 Å². The van der Waals surface area contributed by atoms with Crippen molar-refractivity contribution in [2.45, 2.75) is 12.5 Å². The summed E-state index contributed by atoms with van der Waals surface area (Å²) in [5, 5.41) is 12.9. The molecule has 0 aromatic heterocycles. The minimum absolute atomic E-state index is 0. The maximum atomic E-state index is 9.18. The summed E-state index contributed by atoms with van der Waals surface area (Å²) in [6.07, 6.45) is 0.682. The number of hydrogen-bond acceptors (Lipinski definition) is 3. The monoisotopic (exact) mass is 336 g/mol. The average molecular weight is 337 g/mol. The van der Waals surface area contributed by atoms with E-state index in [2.05, 4.69) is 11.4 Å². The van der Waals surface area contributed by atoms with Gasteiger partial charge in [-0.05, 0) is 31.3 Å². The molecule has 116 valence electrons. The Morgan fingerprint density at radius 3 is 2.59 bits per heavy atom. The van der Waals surface area contributed by atoms with Gasteiger partial charge in [0.25, 0.3) is 0 Å². The molecule has 0 heterocycles. The molecule has 0 fully saturated rings. The molecule has 22 heavy (non-hydrogen) atoms. The maximum absolute atomic E-state index is 9.18. The SMILES string of the molecule is CNCCC(Oc1cc(Cl)ccc1C#N)c1ccccc1.Cl. The van der Waals surface area contributed by atoms with Crippen LogP contribution in [0.2, 0.25) is 5.02 Å². The lowest BCUT2D eigenvalue weighted by Crippen LogP contribution is -2.16. The van der Waals surface area contributed by atoms with Crippen molar-refractivity contribution in [1.82, 2.24) is 5.32 Å². The Morgan fingerprint density at radius 2 is 1.95 bits per heavy atom. The van der Waals surface area contributed by atoms with Gasteiger partial charge in [-0.25, -0.2) is 0 Å². The van der Waals surface area contributed by atoms with Gasteiger partial charge in [0.15, 0.2) is 0 Å². The Morgan fingerprint density at radius 1 is 1.23 bits per heavy atom. The summed E-state index contributed by atoms with van der Waals surface area (Å²) in [6.45, 7) is 0.821. The van der Waals surface area contributed by atoms with Crippen LogP contribution in [0.1, 0.15) is 23.7 Å². The highest BCUT2D eigenvalue weighted by molar-refractivity contribution is 6.30. The molecule has 2 rings (SSSR count). The van der Waals surface area contributed by atoms with E-state index in [1.807, 2.05) is 37.4 Å². The van der Waals surface area contributed by atoms with E-state index < -0.39 is 0 Å². The molecule has 0 spiro atoms. The van der Waals surface area contributed by atoms with Crippen molar-refractivity contribution in [2.24, 2.45) is 0 Å². The first kappa shape index (κ1) is 18.3. The number of benzene rings is 2. The summed E-state index contributed by atoms with van der Waals surface area (Å²) >= 11 is 6.01. The highest BCUT2D eigenvalue weighted by atomic mass is 35.5. The van der Waals surface area contributed by atoms with Gasteiger partial charge >= 0.3 is 0 Å². The lowest BCUT2D eigenvalue weighted by Gasteiger charge is -2.20. The van der Waals surface area contributed by atoms with Crippen molar-refractivity contribution in [3.8, 4) is 11.8 Å². The highest BCUT2D eigenvalue weighted by Gasteiger charge is 2.15. The number of nitriles is 1. The summed E-state index contributed by atoms with van der Waals surface area (Å²) in [5.74, 6) is 0.523. The molecule has 5 heteroatoms. The quantitative estimate of drug-likeness (QED) is 0.852. The molecule has 0 aliphatic carbocycles. The van der Waals surface area contributed by atoms with E-state index in [0.29, 0.717) is 16.3 Å². The predicted octanol–water partition coefficient (Wildman–Crippen LogP) is 4.36. The van der Waals surface area contributed by atoms with Crippen molar-refractivity contribution < 1.29 is 4.74 Å². The molecular formula is C17H18Cl2N2O. The van der Waals surface area contributed by atoms with Crippen molar-refractivity contribution in [1.29, 1.82) is 5.26 Å². The summed E-state index contributed by atoms with van der Waals surface area (Å²) in [5.41, 5.74) is 1.57. The lowest BCUT2D eigenvalue weighted by molar-refractivity contribution is 0.194. The fourth-order valence-corrected chi connectivity index (χ4v) is 2.24. The van der Waals surface area contributed by atoms with Crippen molar-refractivity contribution >= 4 is 24.0 Å². The second-order valence-corrected chi connectivity index (χ2v) is 5.10. The molecule has 1 atom stereocenters. The smallest absolute Gasteiger partial charge is 0.139 e. The Bertz CT molecular complexity index is 626. The molecule has 2 aromatic carbocycles. The van der Waals surface area contributed by atoms with Gasteiger partial charge in [-0.1, -0.05) is 41.9 Å². The standard InChI is InChI=1S/C17H17ClN2O.ClH/c1-20-10-9-16(13-5-3-2-4-6-13)21-17-11-15(18)8-7-14(17)12-19;/h2-8,11,16,20H,9-10H2,1H3;1H. The van der Waals surface area contributed by atoms with Crippen LogP contribution in [0.15, 0.2) is 48.5 Å². The first-order chi connectivity index (χ1) is 10.2. The topological polar surface area (TPSA) is 45.0 Å². The van der Waals surface area contributed by atoms with Crippen LogP contribution in [-0.4, -0.2) is 13.6 Å². The minimum Gasteiger partial charge on any atom is -0.484 e. The molecule has 0 saturated heterocycles. The van der Waals surface area contributed by atoms with Crippen molar-refractivity contribution in [3.63, 3.8) is 0 Å². The first-order valence-corrected chi connectivity index (χ1v) is 7.18. The second kappa shape index (κ2) is 9.32. The number of halogens is 2. The zero-order valence-electron chi connectivity index (χ0n) is 12.3. The maximum Gasteiger partial charge on any atom is 0.139 e. The summed E-state index contributed by atoms with van der Waals surface area (Å²) in [4.78, 5) is 0. The van der Waals surface area contributed by atoms with Gasteiger partial charge in [0, 0.05) is 17.5 Å². The third-order valence-corrected chi connectivity index (χ3v) is 3.40. The van der Waals surface area contributed by atoms with Gasteiger partial charge in [0.2, 0.25) is 0 Å². The van der Waals surface area contributed by atoms with Crippen molar-refractivity contribution in [3.05, 3.63) is 64.7 Å². The van der Waals surface area contributed by atoms with E-state index in [1.54, 1.807) is 18.2 Å². The van der Waals surface area contributed by atoms with Gasteiger partial charge in [0.05, 0.1) is 5.56 Å². The van der Waals surface area contributed by atoms with Gasteiger partial charge in [-0.3, -0.25) is 0 Å². The van der Waals surface area contributed by atoms with Crippen LogP contribution in [-0.2, 0) is 0 Å². The third kappa shape index (κ3) is 4.92. The van der Waals surface area contributed by atoms with Crippen LogP contribution in [0.25, 0.3) is 0 Å². The van der Waals surface area contributed by atoms with Crippen LogP contribution in [0.5, 0.6) is 5.75 Å². The molecule has 0 aliphatic rings. The number of hydrogen-bond donors (Lipinski definition) is 1. The molecule has 0 saturated carbocycles. The molecule has 1 unspecified atom stereocenters. The van der Waals surface area contributed by atoms with Gasteiger partial charge < -0.3 is 10.1 Å². The largest absolute Gasteiger partial charge is 0.484 e. The molecular weight excluding hydrogens is 319 g/mol. The molecule has 0 radical (unpaired) electrons. The fraction of sp³-hybridized carbons (Fsp3) is 0.235. The van der Waals surface area contributed by atoms with Crippen LogP contribution in [0.3, 0.4) is 0 Å². The van der Waals surface area contributed by atoms with E-state index in [9.17, 15) is 5.26 Å². The molecule has 1 N–H and O–H groups in total. The average Bonchev–Trinajstić information content (AvgIpc) is 2.52.